The van der Waals surface area contributed by atoms with E-state index in [0.29, 0.717) is 22.2 Å². The minimum Gasteiger partial charge on any atom is -0.493 e. The monoisotopic (exact) mass is 491 g/mol. The predicted octanol–water partition coefficient (Wildman–Crippen LogP) is 3.87. The number of carbonyl (C=O) groups is 3. The number of ether oxygens (including phenoxy) is 5. The second-order valence-corrected chi connectivity index (χ2v) is 8.92. The molecule has 0 aliphatic heterocycles. The number of methoxy groups -OCH3 is 3. The Hall–Kier alpha value is -3.27. The van der Waals surface area contributed by atoms with E-state index in [2.05, 4.69) is 12.2 Å². The van der Waals surface area contributed by atoms with Gasteiger partial charge in [0.2, 0.25) is 5.75 Å². The molecular weight excluding hydrogens is 462 g/mol. The van der Waals surface area contributed by atoms with Crippen molar-refractivity contribution in [2.24, 2.45) is 5.92 Å². The molecule has 10 heteroatoms. The van der Waals surface area contributed by atoms with Crippen molar-refractivity contribution >= 4 is 34.2 Å². The first kappa shape index (κ1) is 25.4. The van der Waals surface area contributed by atoms with E-state index in [-0.39, 0.29) is 23.7 Å². The number of anilines is 1. The minimum absolute atomic E-state index is 0.134. The molecule has 9 nitrogen and oxygen atoms in total. The van der Waals surface area contributed by atoms with E-state index < -0.39 is 24.5 Å². The molecule has 34 heavy (non-hydrogen) atoms. The van der Waals surface area contributed by atoms with Gasteiger partial charge in [0.25, 0.3) is 5.91 Å². The zero-order valence-electron chi connectivity index (χ0n) is 19.9. The lowest BCUT2D eigenvalue weighted by Gasteiger charge is -2.18. The number of benzene rings is 1. The Morgan fingerprint density at radius 3 is 2.29 bits per heavy atom. The first-order valence-corrected chi connectivity index (χ1v) is 11.7. The van der Waals surface area contributed by atoms with E-state index in [1.54, 1.807) is 6.92 Å². The summed E-state index contributed by atoms with van der Waals surface area (Å²) in [5, 5.41) is 3.15. The van der Waals surface area contributed by atoms with Crippen LogP contribution in [0, 0.1) is 5.92 Å². The van der Waals surface area contributed by atoms with E-state index in [0.717, 1.165) is 29.7 Å². The second-order valence-electron chi connectivity index (χ2n) is 7.81. The predicted molar refractivity (Wildman–Crippen MR) is 126 cm³/mol. The van der Waals surface area contributed by atoms with Crippen LogP contribution in [0.25, 0.3) is 0 Å². The molecule has 0 bridgehead atoms. The molecule has 1 atom stereocenters. The van der Waals surface area contributed by atoms with Crippen LogP contribution in [-0.4, -0.2) is 52.4 Å². The summed E-state index contributed by atoms with van der Waals surface area (Å²) < 4.78 is 26.1. The van der Waals surface area contributed by atoms with Gasteiger partial charge in [-0.1, -0.05) is 6.92 Å². The Morgan fingerprint density at radius 2 is 1.71 bits per heavy atom. The minimum atomic E-state index is -0.737. The fraction of sp³-hybridized carbons (Fsp3) is 0.458. The van der Waals surface area contributed by atoms with E-state index in [4.69, 9.17) is 23.7 Å². The molecule has 0 unspecified atom stereocenters. The third-order valence-corrected chi connectivity index (χ3v) is 6.65. The van der Waals surface area contributed by atoms with Gasteiger partial charge in [0.15, 0.2) is 18.1 Å². The lowest BCUT2D eigenvalue weighted by atomic mass is 9.88. The number of carbonyl (C=O) groups excluding carboxylic acids is 3. The van der Waals surface area contributed by atoms with Gasteiger partial charge in [0, 0.05) is 4.88 Å². The quantitative estimate of drug-likeness (QED) is 0.527. The summed E-state index contributed by atoms with van der Waals surface area (Å²) in [6.07, 6.45) is 2.57. The molecule has 1 aliphatic rings. The Labute approximate surface area is 202 Å². The van der Waals surface area contributed by atoms with Crippen LogP contribution in [0.5, 0.6) is 17.2 Å². The van der Waals surface area contributed by atoms with Crippen LogP contribution in [-0.2, 0) is 27.1 Å². The van der Waals surface area contributed by atoms with E-state index in [1.165, 1.54) is 44.8 Å². The van der Waals surface area contributed by atoms with Gasteiger partial charge >= 0.3 is 11.9 Å². The zero-order valence-corrected chi connectivity index (χ0v) is 20.8. The topological polar surface area (TPSA) is 109 Å². The summed E-state index contributed by atoms with van der Waals surface area (Å²) in [5.74, 6) is -0.339. The molecule has 0 saturated heterocycles. The molecule has 3 rings (SSSR count). The van der Waals surface area contributed by atoms with Gasteiger partial charge in [-0.2, -0.15) is 0 Å². The standard InChI is InChI=1S/C24H29NO8S/c1-6-32-24(28)20-15-8-7-13(2)9-18(15)34-22(20)25-19(26)12-33-23(27)14-10-16(29-3)21(31-5)17(11-14)30-4/h10-11,13H,6-9,12H2,1-5H3,(H,25,26)/t13-/m0/s1. The highest BCUT2D eigenvalue weighted by Crippen LogP contribution is 2.40. The SMILES string of the molecule is CCOC(=O)c1c(NC(=O)COC(=O)c2cc(OC)c(OC)c(OC)c2)sc2c1CC[C@H](C)C2. The Bertz CT molecular complexity index is 1050. The van der Waals surface area contributed by atoms with Crippen LogP contribution in [0.1, 0.15) is 51.4 Å². The van der Waals surface area contributed by atoms with Crippen molar-refractivity contribution in [3.8, 4) is 17.2 Å². The first-order valence-electron chi connectivity index (χ1n) is 10.9. The average Bonchev–Trinajstić information content (AvgIpc) is 3.18. The Balaban J connectivity index is 1.73. The van der Waals surface area contributed by atoms with E-state index in [1.807, 2.05) is 0 Å². The molecule has 1 aromatic heterocycles. The highest BCUT2D eigenvalue weighted by Gasteiger charge is 2.29. The van der Waals surface area contributed by atoms with Crippen LogP contribution >= 0.6 is 11.3 Å². The summed E-state index contributed by atoms with van der Waals surface area (Å²) in [4.78, 5) is 38.8. The zero-order chi connectivity index (χ0) is 24.8. The van der Waals surface area contributed by atoms with Crippen LogP contribution in [0.3, 0.4) is 0 Å². The van der Waals surface area contributed by atoms with Crippen molar-refractivity contribution in [3.63, 3.8) is 0 Å². The molecule has 0 spiro atoms. The van der Waals surface area contributed by atoms with Crippen molar-refractivity contribution in [2.45, 2.75) is 33.1 Å². The number of hydrogen-bond donors (Lipinski definition) is 1. The summed E-state index contributed by atoms with van der Waals surface area (Å²) in [5.41, 5.74) is 1.47. The Kier molecular flexibility index (Phi) is 8.38. The van der Waals surface area contributed by atoms with Crippen LogP contribution in [0.15, 0.2) is 12.1 Å². The number of hydrogen-bond acceptors (Lipinski definition) is 9. The molecule has 1 aliphatic carbocycles. The van der Waals surface area contributed by atoms with Crippen LogP contribution < -0.4 is 19.5 Å². The molecule has 1 N–H and O–H groups in total. The maximum absolute atomic E-state index is 12.6. The number of fused-ring (bicyclic) bond motifs is 1. The van der Waals surface area contributed by atoms with Gasteiger partial charge < -0.3 is 29.0 Å². The summed E-state index contributed by atoms with van der Waals surface area (Å²) in [6.45, 7) is 3.60. The fourth-order valence-corrected chi connectivity index (χ4v) is 5.25. The summed E-state index contributed by atoms with van der Waals surface area (Å²) >= 11 is 1.37. The van der Waals surface area contributed by atoms with E-state index in [9.17, 15) is 14.4 Å². The van der Waals surface area contributed by atoms with Gasteiger partial charge in [0.1, 0.15) is 5.00 Å². The third kappa shape index (κ3) is 5.44. The number of thiophene rings is 1. The third-order valence-electron chi connectivity index (χ3n) is 5.48. The maximum Gasteiger partial charge on any atom is 0.341 e. The smallest absolute Gasteiger partial charge is 0.341 e. The normalized spacial score (nSPS) is 14.6. The van der Waals surface area contributed by atoms with Crippen molar-refractivity contribution in [1.29, 1.82) is 0 Å². The number of esters is 2. The lowest BCUT2D eigenvalue weighted by Crippen LogP contribution is -2.22. The summed E-state index contributed by atoms with van der Waals surface area (Å²) in [6, 6.07) is 2.88. The molecule has 1 amide bonds. The van der Waals surface area contributed by atoms with E-state index >= 15 is 0 Å². The Morgan fingerprint density at radius 1 is 1.03 bits per heavy atom. The molecule has 2 aromatic rings. The second kappa shape index (κ2) is 11.2. The molecule has 1 heterocycles. The van der Waals surface area contributed by atoms with Crippen LogP contribution in [0.2, 0.25) is 0 Å². The van der Waals surface area contributed by atoms with Crippen molar-refractivity contribution in [3.05, 3.63) is 33.7 Å². The van der Waals surface area contributed by atoms with Crippen molar-refractivity contribution < 1.29 is 38.1 Å². The fourth-order valence-electron chi connectivity index (χ4n) is 3.83. The van der Waals surface area contributed by atoms with Crippen LogP contribution in [0.4, 0.5) is 5.00 Å². The van der Waals surface area contributed by atoms with Gasteiger partial charge in [-0.05, 0) is 49.8 Å². The number of amides is 1. The summed E-state index contributed by atoms with van der Waals surface area (Å²) in [7, 11) is 4.32. The molecule has 0 radical (unpaired) electrons. The highest BCUT2D eigenvalue weighted by atomic mass is 32.1. The molecule has 0 saturated carbocycles. The van der Waals surface area contributed by atoms with Gasteiger partial charge in [-0.3, -0.25) is 4.79 Å². The lowest BCUT2D eigenvalue weighted by molar-refractivity contribution is -0.119. The average molecular weight is 492 g/mol. The van der Waals surface area contributed by atoms with Gasteiger partial charge in [0.05, 0.1) is 39.1 Å². The first-order chi connectivity index (χ1) is 16.3. The van der Waals surface area contributed by atoms with Gasteiger partial charge in [-0.25, -0.2) is 9.59 Å². The van der Waals surface area contributed by atoms with Crippen molar-refractivity contribution in [1.82, 2.24) is 0 Å². The highest BCUT2D eigenvalue weighted by molar-refractivity contribution is 7.17. The number of rotatable bonds is 9. The molecular formula is C24H29NO8S. The number of nitrogens with one attached hydrogen (secondary N) is 1. The molecule has 0 fully saturated rings. The van der Waals surface area contributed by atoms with Crippen molar-refractivity contribution in [2.75, 3.05) is 39.9 Å². The largest absolute Gasteiger partial charge is 0.493 e. The molecule has 1 aromatic carbocycles. The van der Waals surface area contributed by atoms with Gasteiger partial charge in [-0.15, -0.1) is 11.3 Å². The maximum atomic E-state index is 12.6. The molecule has 184 valence electrons.